The van der Waals surface area contributed by atoms with Gasteiger partial charge in [0.2, 0.25) is 0 Å². The zero-order chi connectivity index (χ0) is 2.00. The van der Waals surface area contributed by atoms with Gasteiger partial charge >= 0.3 is 29.6 Å². The van der Waals surface area contributed by atoms with Crippen LogP contribution in [0.25, 0.3) is 0 Å². The van der Waals surface area contributed by atoms with Gasteiger partial charge < -0.3 is 0 Å². The summed E-state index contributed by atoms with van der Waals surface area (Å²) in [7, 11) is 0. The van der Waals surface area contributed by atoms with Crippen molar-refractivity contribution < 1.29 is 4.66 Å². The molecule has 0 unspecified atom stereocenters. The molecule has 0 saturated heterocycles. The first-order valence-corrected chi connectivity index (χ1v) is 0.507. The molecule has 4 heavy (non-hydrogen) atoms. The number of rotatable bonds is 0. The summed E-state index contributed by atoms with van der Waals surface area (Å²) < 4.78 is 6.47. The summed E-state index contributed by atoms with van der Waals surface area (Å²) in [6.07, 6.45) is 0. The van der Waals surface area contributed by atoms with E-state index in [4.69, 9.17) is 4.66 Å². The van der Waals surface area contributed by atoms with E-state index in [0.717, 1.165) is 0 Å². The van der Waals surface area contributed by atoms with E-state index < -0.39 is 0 Å². The Kier molecular flexibility index (Phi) is 106. The molecular weight excluding hydrogens is 110 g/mol. The van der Waals surface area contributed by atoms with E-state index >= 15 is 0 Å². The maximum atomic E-state index is 6.47. The van der Waals surface area contributed by atoms with Gasteiger partial charge in [0.15, 0.2) is 0 Å². The molecule has 4 heteroatoms. The molecule has 0 spiro atoms. The van der Waals surface area contributed by atoms with Crippen LogP contribution in [0, 0.1) is 0 Å². The Labute approximate surface area is 58.2 Å². The third-order valence-corrected chi connectivity index (χ3v) is 0. The Balaban J connectivity index is -0.00000000500. The summed E-state index contributed by atoms with van der Waals surface area (Å²) in [5, 5.41) is 0. The van der Waals surface area contributed by atoms with Crippen molar-refractivity contribution in [3.8, 4) is 0 Å². The van der Waals surface area contributed by atoms with E-state index in [1.54, 1.807) is 0 Å². The van der Waals surface area contributed by atoms with Crippen LogP contribution in [0.1, 0.15) is 0 Å². The Morgan fingerprint density at radius 1 is 1.25 bits per heavy atom. The fourth-order valence-corrected chi connectivity index (χ4v) is 0. The molecule has 0 rings (SSSR count). The van der Waals surface area contributed by atoms with Crippen molar-refractivity contribution in [1.29, 1.82) is 0 Å². The van der Waals surface area contributed by atoms with Crippen LogP contribution in [0.5, 0.6) is 0 Å². The fraction of sp³-hybridized carbons (Fsp3) is 0. The van der Waals surface area contributed by atoms with Gasteiger partial charge in [-0.1, -0.05) is 0 Å². The Bertz CT molecular complexity index is 6.00. The second-order valence-electron chi connectivity index (χ2n) is 0. The third kappa shape index (κ3) is 9.63. The first-order chi connectivity index (χ1) is 1.00. The van der Waals surface area contributed by atoms with E-state index in [0.29, 0.717) is 0 Å². The van der Waals surface area contributed by atoms with Crippen molar-refractivity contribution in [1.82, 2.24) is 0 Å². The SMILES string of the molecule is Cl.OCl.[NaH]. The Morgan fingerprint density at radius 2 is 1.25 bits per heavy atom. The van der Waals surface area contributed by atoms with Crippen LogP contribution in [0.4, 0.5) is 0 Å². The van der Waals surface area contributed by atoms with Crippen molar-refractivity contribution in [3.63, 3.8) is 0 Å². The molecule has 0 aromatic heterocycles. The fourth-order valence-electron chi connectivity index (χ4n) is 0. The van der Waals surface area contributed by atoms with Crippen LogP contribution >= 0.6 is 24.3 Å². The van der Waals surface area contributed by atoms with Crippen LogP contribution in [0.15, 0.2) is 0 Å². The molecule has 0 aliphatic heterocycles. The zero-order valence-electron chi connectivity index (χ0n) is 1.23. The second-order valence-corrected chi connectivity index (χ2v) is 0. The van der Waals surface area contributed by atoms with Crippen molar-refractivity contribution in [3.05, 3.63) is 0 Å². The van der Waals surface area contributed by atoms with Crippen LogP contribution < -0.4 is 0 Å². The van der Waals surface area contributed by atoms with Gasteiger partial charge in [0.25, 0.3) is 0 Å². The minimum absolute atomic E-state index is 0. The minimum atomic E-state index is 0. The molecule has 0 saturated carbocycles. The number of hydrogen-bond donors (Lipinski definition) is 1. The molecule has 0 aromatic rings. The van der Waals surface area contributed by atoms with Crippen molar-refractivity contribution in [2.24, 2.45) is 0 Å². The molecule has 0 aliphatic rings. The summed E-state index contributed by atoms with van der Waals surface area (Å²) in [6.45, 7) is 0. The average Bonchev–Trinajstić information content (AvgIpc) is 1.00. The third-order valence-electron chi connectivity index (χ3n) is 0. The molecular formula is H3Cl2NaO. The van der Waals surface area contributed by atoms with Crippen molar-refractivity contribution in [2.75, 3.05) is 0 Å². The standard InChI is InChI=1S/ClHO.ClH.Na.H/c1-2;;;/h2H;1H;;. The molecule has 24 valence electrons. The average molecular weight is 113 g/mol. The van der Waals surface area contributed by atoms with Gasteiger partial charge in [-0.2, -0.15) is 0 Å². The predicted molar refractivity (Wildman–Crippen MR) is 22.5 cm³/mol. The van der Waals surface area contributed by atoms with Crippen LogP contribution in [0.2, 0.25) is 0 Å². The van der Waals surface area contributed by atoms with Crippen molar-refractivity contribution >= 4 is 53.8 Å². The summed E-state index contributed by atoms with van der Waals surface area (Å²) >= 11 is 3.64. The molecule has 1 nitrogen and oxygen atoms in total. The van der Waals surface area contributed by atoms with E-state index in [9.17, 15) is 0 Å². The van der Waals surface area contributed by atoms with E-state index in [-0.39, 0.29) is 42.0 Å². The van der Waals surface area contributed by atoms with E-state index in [1.807, 2.05) is 0 Å². The summed E-state index contributed by atoms with van der Waals surface area (Å²) in [4.78, 5) is 0. The molecule has 0 atom stereocenters. The second kappa shape index (κ2) is 24.0. The normalized spacial score (nSPS) is 1.50. The van der Waals surface area contributed by atoms with Crippen molar-refractivity contribution in [2.45, 2.75) is 0 Å². The number of halogens is 2. The van der Waals surface area contributed by atoms with Gasteiger partial charge in [0.05, 0.1) is 11.9 Å². The first kappa shape index (κ1) is 17.7. The molecule has 0 fully saturated rings. The number of hydrogen-bond acceptors (Lipinski definition) is 1. The summed E-state index contributed by atoms with van der Waals surface area (Å²) in [5.74, 6) is 0. The summed E-state index contributed by atoms with van der Waals surface area (Å²) in [6, 6.07) is 0. The molecule has 0 amide bonds. The van der Waals surface area contributed by atoms with Crippen LogP contribution in [-0.2, 0) is 0 Å². The topological polar surface area (TPSA) is 20.2 Å². The maximum absolute atomic E-state index is 6.47. The monoisotopic (exact) mass is 112 g/mol. The van der Waals surface area contributed by atoms with Gasteiger partial charge in [0.1, 0.15) is 0 Å². The van der Waals surface area contributed by atoms with E-state index in [1.165, 1.54) is 0 Å². The summed E-state index contributed by atoms with van der Waals surface area (Å²) in [5.41, 5.74) is 0. The first-order valence-electron chi connectivity index (χ1n) is 0.169. The van der Waals surface area contributed by atoms with E-state index in [2.05, 4.69) is 11.9 Å². The Hall–Kier alpha value is 1.54. The van der Waals surface area contributed by atoms with Gasteiger partial charge in [-0.15, -0.1) is 12.4 Å². The molecule has 0 aromatic carbocycles. The molecule has 0 radical (unpaired) electrons. The molecule has 0 aliphatic carbocycles. The molecule has 1 N–H and O–H groups in total. The van der Waals surface area contributed by atoms with Crippen LogP contribution in [0.3, 0.4) is 0 Å². The molecule has 0 heterocycles. The predicted octanol–water partition coefficient (Wildman–Crippen LogP) is -0.0942. The van der Waals surface area contributed by atoms with Gasteiger partial charge in [-0.05, 0) is 0 Å². The van der Waals surface area contributed by atoms with Gasteiger partial charge in [0, 0.05) is 0 Å². The van der Waals surface area contributed by atoms with Gasteiger partial charge in [-0.3, -0.25) is 4.66 Å². The zero-order valence-corrected chi connectivity index (χ0v) is 2.81. The quantitative estimate of drug-likeness (QED) is 0.435. The Morgan fingerprint density at radius 3 is 1.25 bits per heavy atom. The molecule has 0 bridgehead atoms. The van der Waals surface area contributed by atoms with Gasteiger partial charge in [-0.25, -0.2) is 0 Å². The van der Waals surface area contributed by atoms with Crippen LogP contribution in [-0.4, -0.2) is 34.2 Å².